The fourth-order valence-electron chi connectivity index (χ4n) is 4.06. The first-order valence-electron chi connectivity index (χ1n) is 11.6. The second-order valence-corrected chi connectivity index (χ2v) is 8.06. The van der Waals surface area contributed by atoms with Gasteiger partial charge < -0.3 is 19.5 Å². The number of guanidine groups is 1. The summed E-state index contributed by atoms with van der Waals surface area (Å²) >= 11 is 0. The average molecular weight is 432 g/mol. The van der Waals surface area contributed by atoms with Crippen molar-refractivity contribution >= 4 is 5.96 Å². The number of piperidine rings is 1. The number of likely N-dealkylation sites (tertiary alicyclic amines) is 1. The number of aromatic nitrogens is 2. The molecule has 0 unspecified atom stereocenters. The Morgan fingerprint density at radius 1 is 1.06 bits per heavy atom. The van der Waals surface area contributed by atoms with Crippen LogP contribution < -0.4 is 10.1 Å². The lowest BCUT2D eigenvalue weighted by atomic mass is 10.1. The number of nitrogens with zero attached hydrogens (tertiary/aromatic N) is 4. The standard InChI is InChI=1S/C26H33N5O/c1-2-27-26(30-18-14-24(15-19-30)32-23-11-7-4-8-12-23)29-16-13-25-28-17-20-31(25)21-22-9-5-3-6-10-22/h3-12,17,20,24H,2,13-16,18-19,21H2,1H3,(H,27,29). The van der Waals surface area contributed by atoms with E-state index < -0.39 is 0 Å². The van der Waals surface area contributed by atoms with Gasteiger partial charge in [0, 0.05) is 64.4 Å². The van der Waals surface area contributed by atoms with Gasteiger partial charge >= 0.3 is 0 Å². The maximum Gasteiger partial charge on any atom is 0.193 e. The summed E-state index contributed by atoms with van der Waals surface area (Å²) in [5, 5.41) is 3.46. The number of aliphatic imine (C=N–C) groups is 1. The number of imidazole rings is 1. The molecule has 3 aromatic rings. The highest BCUT2D eigenvalue weighted by atomic mass is 16.5. The van der Waals surface area contributed by atoms with Crippen LogP contribution in [0, 0.1) is 0 Å². The van der Waals surface area contributed by atoms with Crippen LogP contribution in [-0.4, -0.2) is 52.7 Å². The predicted molar refractivity (Wildman–Crippen MR) is 129 cm³/mol. The van der Waals surface area contributed by atoms with Crippen LogP contribution in [0.5, 0.6) is 5.75 Å². The fourth-order valence-corrected chi connectivity index (χ4v) is 4.06. The third-order valence-electron chi connectivity index (χ3n) is 5.72. The van der Waals surface area contributed by atoms with Gasteiger partial charge in [0.1, 0.15) is 17.7 Å². The SMILES string of the molecule is CCNC(=NCCc1nccn1Cc1ccccc1)N1CCC(Oc2ccccc2)CC1. The zero-order chi connectivity index (χ0) is 22.0. The summed E-state index contributed by atoms with van der Waals surface area (Å²) in [7, 11) is 0. The van der Waals surface area contributed by atoms with E-state index in [1.165, 1.54) is 5.56 Å². The van der Waals surface area contributed by atoms with Gasteiger partial charge in [-0.3, -0.25) is 4.99 Å². The average Bonchev–Trinajstić information content (AvgIpc) is 3.27. The molecule has 1 N–H and O–H groups in total. The van der Waals surface area contributed by atoms with E-state index in [-0.39, 0.29) is 6.10 Å². The van der Waals surface area contributed by atoms with Gasteiger partial charge in [0.25, 0.3) is 0 Å². The van der Waals surface area contributed by atoms with Gasteiger partial charge in [-0.15, -0.1) is 0 Å². The zero-order valence-electron chi connectivity index (χ0n) is 18.9. The summed E-state index contributed by atoms with van der Waals surface area (Å²) < 4.78 is 8.35. The molecule has 1 aliphatic rings. The van der Waals surface area contributed by atoms with Crippen LogP contribution in [-0.2, 0) is 13.0 Å². The number of rotatable bonds is 8. The molecular formula is C26H33N5O. The minimum atomic E-state index is 0.266. The lowest BCUT2D eigenvalue weighted by Crippen LogP contribution is -2.47. The molecule has 0 spiro atoms. The van der Waals surface area contributed by atoms with Crippen molar-refractivity contribution in [2.75, 3.05) is 26.2 Å². The topological polar surface area (TPSA) is 54.7 Å². The molecule has 6 nitrogen and oxygen atoms in total. The minimum absolute atomic E-state index is 0.266. The Labute approximate surface area is 191 Å². The highest BCUT2D eigenvalue weighted by molar-refractivity contribution is 5.80. The van der Waals surface area contributed by atoms with E-state index in [1.807, 2.05) is 42.6 Å². The van der Waals surface area contributed by atoms with E-state index in [2.05, 4.69) is 57.2 Å². The molecule has 1 saturated heterocycles. The van der Waals surface area contributed by atoms with Crippen LogP contribution >= 0.6 is 0 Å². The van der Waals surface area contributed by atoms with Crippen molar-refractivity contribution in [3.8, 4) is 5.75 Å². The van der Waals surface area contributed by atoms with E-state index in [9.17, 15) is 0 Å². The van der Waals surface area contributed by atoms with E-state index >= 15 is 0 Å². The maximum atomic E-state index is 6.14. The summed E-state index contributed by atoms with van der Waals surface area (Å²) in [4.78, 5) is 11.8. The number of nitrogens with one attached hydrogen (secondary N) is 1. The fraction of sp³-hybridized carbons (Fsp3) is 0.385. The third-order valence-corrected chi connectivity index (χ3v) is 5.72. The number of hydrogen-bond acceptors (Lipinski definition) is 3. The highest BCUT2D eigenvalue weighted by Gasteiger charge is 2.22. The quantitative estimate of drug-likeness (QED) is 0.433. The number of benzene rings is 2. The van der Waals surface area contributed by atoms with Crippen LogP contribution in [0.2, 0.25) is 0 Å². The van der Waals surface area contributed by atoms with Crippen molar-refractivity contribution in [2.45, 2.75) is 38.8 Å². The minimum Gasteiger partial charge on any atom is -0.490 e. The van der Waals surface area contributed by atoms with Crippen LogP contribution in [0.15, 0.2) is 78.0 Å². The van der Waals surface area contributed by atoms with Gasteiger partial charge in [0.05, 0.1) is 0 Å². The predicted octanol–water partition coefficient (Wildman–Crippen LogP) is 3.98. The van der Waals surface area contributed by atoms with Gasteiger partial charge in [-0.05, 0) is 24.6 Å². The molecule has 4 rings (SSSR count). The van der Waals surface area contributed by atoms with E-state index in [0.29, 0.717) is 6.54 Å². The molecule has 2 heterocycles. The molecule has 2 aromatic carbocycles. The molecule has 1 fully saturated rings. The number of ether oxygens (including phenoxy) is 1. The maximum absolute atomic E-state index is 6.14. The van der Waals surface area contributed by atoms with Gasteiger partial charge in [0.2, 0.25) is 0 Å². The van der Waals surface area contributed by atoms with E-state index in [1.54, 1.807) is 0 Å². The Bertz CT molecular complexity index is 962. The molecule has 168 valence electrons. The molecule has 1 aliphatic heterocycles. The van der Waals surface area contributed by atoms with Crippen molar-refractivity contribution in [3.63, 3.8) is 0 Å². The molecular weight excluding hydrogens is 398 g/mol. The molecule has 32 heavy (non-hydrogen) atoms. The van der Waals surface area contributed by atoms with Crippen molar-refractivity contribution in [1.82, 2.24) is 19.8 Å². The Morgan fingerprint density at radius 3 is 2.50 bits per heavy atom. The normalized spacial score (nSPS) is 15.0. The first kappa shape index (κ1) is 21.9. The first-order valence-corrected chi connectivity index (χ1v) is 11.6. The zero-order valence-corrected chi connectivity index (χ0v) is 18.9. The first-order chi connectivity index (χ1) is 15.8. The summed E-state index contributed by atoms with van der Waals surface area (Å²) in [6.45, 7) is 6.44. The van der Waals surface area contributed by atoms with Crippen molar-refractivity contribution in [3.05, 3.63) is 84.4 Å². The third kappa shape index (κ3) is 6.13. The highest BCUT2D eigenvalue weighted by Crippen LogP contribution is 2.18. The monoisotopic (exact) mass is 431 g/mol. The largest absolute Gasteiger partial charge is 0.490 e. The molecule has 0 atom stereocenters. The van der Waals surface area contributed by atoms with Crippen LogP contribution in [0.4, 0.5) is 0 Å². The summed E-state index contributed by atoms with van der Waals surface area (Å²) in [5.74, 6) is 3.02. The molecule has 6 heteroatoms. The molecule has 0 radical (unpaired) electrons. The van der Waals surface area contributed by atoms with Crippen LogP contribution in [0.1, 0.15) is 31.2 Å². The van der Waals surface area contributed by atoms with Crippen molar-refractivity contribution < 1.29 is 4.74 Å². The van der Waals surface area contributed by atoms with Crippen LogP contribution in [0.3, 0.4) is 0 Å². The lowest BCUT2D eigenvalue weighted by molar-refractivity contribution is 0.129. The number of para-hydroxylation sites is 1. The summed E-state index contributed by atoms with van der Waals surface area (Å²) in [5.41, 5.74) is 1.28. The molecule has 0 aliphatic carbocycles. The van der Waals surface area contributed by atoms with Gasteiger partial charge in [0.15, 0.2) is 5.96 Å². The van der Waals surface area contributed by atoms with Gasteiger partial charge in [-0.1, -0.05) is 48.5 Å². The molecule has 1 aromatic heterocycles. The molecule has 0 saturated carbocycles. The smallest absolute Gasteiger partial charge is 0.193 e. The van der Waals surface area contributed by atoms with Gasteiger partial charge in [-0.2, -0.15) is 0 Å². The molecule has 0 amide bonds. The van der Waals surface area contributed by atoms with Gasteiger partial charge in [-0.25, -0.2) is 4.98 Å². The van der Waals surface area contributed by atoms with Crippen LogP contribution in [0.25, 0.3) is 0 Å². The Kier molecular flexibility index (Phi) is 7.79. The Morgan fingerprint density at radius 2 is 1.78 bits per heavy atom. The van der Waals surface area contributed by atoms with E-state index in [4.69, 9.17) is 9.73 Å². The Hall–Kier alpha value is -3.28. The van der Waals surface area contributed by atoms with E-state index in [0.717, 1.165) is 63.0 Å². The molecule has 0 bridgehead atoms. The van der Waals surface area contributed by atoms with Crippen molar-refractivity contribution in [1.29, 1.82) is 0 Å². The second kappa shape index (κ2) is 11.4. The summed E-state index contributed by atoms with van der Waals surface area (Å²) in [6, 6.07) is 20.6. The lowest BCUT2D eigenvalue weighted by Gasteiger charge is -2.34. The van der Waals surface area contributed by atoms with Crippen molar-refractivity contribution in [2.24, 2.45) is 4.99 Å². The second-order valence-electron chi connectivity index (χ2n) is 8.06. The number of hydrogen-bond donors (Lipinski definition) is 1. The summed E-state index contributed by atoms with van der Waals surface area (Å²) in [6.07, 6.45) is 7.02. The Balaban J connectivity index is 1.30.